The summed E-state index contributed by atoms with van der Waals surface area (Å²) in [6, 6.07) is 12.4. The molecule has 4 rings (SSSR count). The van der Waals surface area contributed by atoms with Crippen LogP contribution in [-0.4, -0.2) is 73.4 Å². The second kappa shape index (κ2) is 13.5. The molecule has 0 amide bonds. The highest BCUT2D eigenvalue weighted by Gasteiger charge is 2.36. The third-order valence-corrected chi connectivity index (χ3v) is 7.58. The number of methoxy groups -OCH3 is 8. The monoisotopic (exact) mass is 619 g/mol. The van der Waals surface area contributed by atoms with E-state index in [4.69, 9.17) is 37.9 Å². The third-order valence-electron chi connectivity index (χ3n) is 7.58. The summed E-state index contributed by atoms with van der Waals surface area (Å²) in [7, 11) is 11.5. The van der Waals surface area contributed by atoms with E-state index in [0.29, 0.717) is 62.4 Å². The summed E-state index contributed by atoms with van der Waals surface area (Å²) >= 11 is 0. The number of hydrogen-bond acceptors (Lipinski definition) is 10. The third kappa shape index (κ3) is 5.68. The minimum Gasteiger partial charge on any atom is -0.493 e. The number of carbonyl (C=O) groups is 2. The van der Waals surface area contributed by atoms with E-state index in [-0.39, 0.29) is 11.4 Å². The first-order valence-corrected chi connectivity index (χ1v) is 13.8. The van der Waals surface area contributed by atoms with Gasteiger partial charge in [0.15, 0.2) is 23.0 Å². The molecule has 1 aromatic heterocycles. The van der Waals surface area contributed by atoms with Gasteiger partial charge in [0, 0.05) is 16.8 Å². The second-order valence-electron chi connectivity index (χ2n) is 9.86. The zero-order valence-electron chi connectivity index (χ0n) is 27.1. The molecule has 0 N–H and O–H groups in total. The molecule has 4 aromatic rings. The Labute approximate surface area is 262 Å². The molecule has 0 bridgehead atoms. The average Bonchev–Trinajstić information content (AvgIpc) is 3.43. The second-order valence-corrected chi connectivity index (χ2v) is 9.86. The molecule has 0 aliphatic heterocycles. The van der Waals surface area contributed by atoms with Gasteiger partial charge in [-0.1, -0.05) is 6.07 Å². The van der Waals surface area contributed by atoms with Gasteiger partial charge in [-0.2, -0.15) is 0 Å². The molecule has 0 spiro atoms. The molecule has 0 atom stereocenters. The largest absolute Gasteiger partial charge is 0.493 e. The van der Waals surface area contributed by atoms with E-state index >= 15 is 0 Å². The first-order valence-electron chi connectivity index (χ1n) is 13.8. The Morgan fingerprint density at radius 2 is 0.889 bits per heavy atom. The summed E-state index contributed by atoms with van der Waals surface area (Å²) in [6.07, 6.45) is 0. The van der Waals surface area contributed by atoms with Crippen molar-refractivity contribution < 1.29 is 47.5 Å². The van der Waals surface area contributed by atoms with Crippen LogP contribution in [0.15, 0.2) is 42.5 Å². The van der Waals surface area contributed by atoms with E-state index in [2.05, 4.69) is 0 Å². The van der Waals surface area contributed by atoms with Crippen LogP contribution in [0.2, 0.25) is 0 Å². The number of aromatic nitrogens is 1. The van der Waals surface area contributed by atoms with Crippen molar-refractivity contribution in [1.82, 2.24) is 4.57 Å². The van der Waals surface area contributed by atoms with Crippen LogP contribution in [0.1, 0.15) is 32.1 Å². The Morgan fingerprint density at radius 3 is 1.18 bits per heavy atom. The van der Waals surface area contributed by atoms with Gasteiger partial charge in [0.25, 0.3) is 0 Å². The fourth-order valence-corrected chi connectivity index (χ4v) is 5.29. The number of ether oxygens (including phenoxy) is 8. The first kappa shape index (κ1) is 32.6. The fraction of sp³-hybridized carbons (Fsp3) is 0.294. The molecule has 3 aromatic carbocycles. The Balaban J connectivity index is 2.36. The number of nitrogens with zero attached hydrogens (tertiary/aromatic N) is 1. The van der Waals surface area contributed by atoms with Gasteiger partial charge in [0.05, 0.1) is 56.9 Å². The van der Waals surface area contributed by atoms with Gasteiger partial charge >= 0.3 is 11.9 Å². The van der Waals surface area contributed by atoms with Crippen molar-refractivity contribution in [3.63, 3.8) is 0 Å². The zero-order valence-corrected chi connectivity index (χ0v) is 27.1. The maximum Gasteiger partial charge on any atom is 0.355 e. The van der Waals surface area contributed by atoms with Crippen LogP contribution in [0.3, 0.4) is 0 Å². The molecular weight excluding hydrogens is 582 g/mol. The summed E-state index contributed by atoms with van der Waals surface area (Å²) < 4.78 is 46.0. The normalized spacial score (nSPS) is 10.6. The molecule has 0 aliphatic carbocycles. The lowest BCUT2D eigenvalue weighted by Crippen LogP contribution is -2.16. The molecule has 11 nitrogen and oxygen atoms in total. The molecule has 45 heavy (non-hydrogen) atoms. The maximum atomic E-state index is 13.9. The van der Waals surface area contributed by atoms with Crippen molar-refractivity contribution in [2.45, 2.75) is 13.8 Å². The van der Waals surface area contributed by atoms with Crippen molar-refractivity contribution in [3.8, 4) is 62.4 Å². The molecule has 0 radical (unpaired) electrons. The highest BCUT2D eigenvalue weighted by molar-refractivity contribution is 6.10. The highest BCUT2D eigenvalue weighted by atomic mass is 16.5. The molecule has 1 heterocycles. The van der Waals surface area contributed by atoms with Crippen molar-refractivity contribution in [1.29, 1.82) is 0 Å². The Morgan fingerprint density at radius 1 is 0.511 bits per heavy atom. The van der Waals surface area contributed by atoms with Crippen molar-refractivity contribution >= 4 is 11.9 Å². The number of carbonyl (C=O) groups excluding carboxylic acids is 2. The zero-order chi connectivity index (χ0) is 33.0. The van der Waals surface area contributed by atoms with E-state index in [1.165, 1.54) is 56.9 Å². The summed E-state index contributed by atoms with van der Waals surface area (Å²) in [5.41, 5.74) is 4.19. The number of benzene rings is 3. The smallest absolute Gasteiger partial charge is 0.355 e. The van der Waals surface area contributed by atoms with Gasteiger partial charge in [0.1, 0.15) is 11.4 Å². The van der Waals surface area contributed by atoms with Crippen molar-refractivity contribution in [2.24, 2.45) is 0 Å². The number of hydrogen-bond donors (Lipinski definition) is 0. The minimum absolute atomic E-state index is 0.0548. The predicted octanol–water partition coefficient (Wildman–Crippen LogP) is 6.05. The van der Waals surface area contributed by atoms with E-state index in [1.807, 2.05) is 32.0 Å². The van der Waals surface area contributed by atoms with Crippen LogP contribution in [0.5, 0.6) is 34.5 Å². The molecular formula is C34H37NO10. The van der Waals surface area contributed by atoms with Crippen molar-refractivity contribution in [2.75, 3.05) is 56.9 Å². The molecule has 0 unspecified atom stereocenters. The summed E-state index contributed by atoms with van der Waals surface area (Å²) in [5.74, 6) is 0.601. The lowest BCUT2D eigenvalue weighted by atomic mass is 9.93. The lowest BCUT2D eigenvalue weighted by molar-refractivity contribution is 0.0584. The molecule has 0 aliphatic rings. The van der Waals surface area contributed by atoms with Crippen LogP contribution in [0, 0.1) is 13.8 Å². The van der Waals surface area contributed by atoms with E-state index in [0.717, 1.165) is 11.1 Å². The van der Waals surface area contributed by atoms with Gasteiger partial charge < -0.3 is 37.9 Å². The van der Waals surface area contributed by atoms with Crippen LogP contribution in [0.25, 0.3) is 27.9 Å². The number of esters is 2. The Kier molecular flexibility index (Phi) is 9.81. The maximum absolute atomic E-state index is 13.9. The predicted molar refractivity (Wildman–Crippen MR) is 168 cm³/mol. The minimum atomic E-state index is -0.708. The number of aryl methyl sites for hydroxylation is 2. The Bertz CT molecular complexity index is 1600. The topological polar surface area (TPSA) is 113 Å². The Hall–Kier alpha value is -5.32. The van der Waals surface area contributed by atoms with Gasteiger partial charge in [0.2, 0.25) is 11.5 Å². The van der Waals surface area contributed by atoms with E-state index in [9.17, 15) is 9.59 Å². The van der Waals surface area contributed by atoms with Crippen LogP contribution in [0.4, 0.5) is 0 Å². The molecule has 0 fully saturated rings. The highest BCUT2D eigenvalue weighted by Crippen LogP contribution is 2.50. The average molecular weight is 620 g/mol. The molecule has 0 saturated carbocycles. The lowest BCUT2D eigenvalue weighted by Gasteiger charge is -2.17. The fourth-order valence-electron chi connectivity index (χ4n) is 5.29. The quantitative estimate of drug-likeness (QED) is 0.184. The summed E-state index contributed by atoms with van der Waals surface area (Å²) in [4.78, 5) is 27.8. The number of rotatable bonds is 11. The van der Waals surface area contributed by atoms with Crippen LogP contribution < -0.4 is 28.4 Å². The van der Waals surface area contributed by atoms with Gasteiger partial charge in [-0.15, -0.1) is 0 Å². The van der Waals surface area contributed by atoms with Crippen LogP contribution >= 0.6 is 0 Å². The van der Waals surface area contributed by atoms with Crippen molar-refractivity contribution in [3.05, 3.63) is 65.0 Å². The van der Waals surface area contributed by atoms with Gasteiger partial charge in [-0.05, 0) is 72.5 Å². The van der Waals surface area contributed by atoms with Gasteiger partial charge in [-0.3, -0.25) is 4.57 Å². The summed E-state index contributed by atoms with van der Waals surface area (Å²) in [6.45, 7) is 3.91. The molecule has 11 heteroatoms. The van der Waals surface area contributed by atoms with E-state index in [1.54, 1.807) is 28.8 Å². The first-order chi connectivity index (χ1) is 21.6. The molecule has 0 saturated heterocycles. The van der Waals surface area contributed by atoms with Gasteiger partial charge in [-0.25, -0.2) is 9.59 Å². The summed E-state index contributed by atoms with van der Waals surface area (Å²) in [5, 5.41) is 0. The molecule has 238 valence electrons. The van der Waals surface area contributed by atoms with E-state index < -0.39 is 11.9 Å². The SMILES string of the molecule is COC(=O)c1c(-c2cc(OC)c(OC)c(OC)c2)c(-c2cc(OC)c(OC)c(OC)c2)c(C(=O)OC)n1-c1ccc(C)c(C)c1. The van der Waals surface area contributed by atoms with Crippen LogP contribution in [-0.2, 0) is 9.47 Å². The standard InChI is InChI=1S/C34H37NO10/c1-18-11-12-22(13-19(18)2)35-29(33(36)44-9)27(20-14-23(38-3)31(42-7)24(15-20)39-4)28(30(35)34(37)45-10)21-16-25(40-5)32(43-8)26(17-21)41-6/h11-17H,1-10H3.